The van der Waals surface area contributed by atoms with Crippen molar-refractivity contribution in [3.63, 3.8) is 0 Å². The van der Waals surface area contributed by atoms with Crippen molar-refractivity contribution in [2.45, 2.75) is 37.5 Å². The number of rotatable bonds is 3. The Hall–Kier alpha value is -1.91. The number of anilines is 1. The Morgan fingerprint density at radius 2 is 1.76 bits per heavy atom. The molecule has 4 rings (SSSR count). The van der Waals surface area contributed by atoms with Crippen LogP contribution >= 0.6 is 0 Å². The molecule has 1 aliphatic carbocycles. The van der Waals surface area contributed by atoms with Gasteiger partial charge in [0.1, 0.15) is 12.1 Å². The summed E-state index contributed by atoms with van der Waals surface area (Å²) in [6, 6.07) is 4.34. The van der Waals surface area contributed by atoms with Crippen LogP contribution < -0.4 is 4.90 Å². The van der Waals surface area contributed by atoms with Gasteiger partial charge in [-0.25, -0.2) is 9.97 Å². The SMILES string of the molecule is Cn1ccc(C2CCN(c3cc(C4CC4)ncn3)CC2)n1. The van der Waals surface area contributed by atoms with Gasteiger partial charge >= 0.3 is 0 Å². The van der Waals surface area contributed by atoms with Crippen molar-refractivity contribution in [3.05, 3.63) is 36.0 Å². The van der Waals surface area contributed by atoms with E-state index < -0.39 is 0 Å². The van der Waals surface area contributed by atoms with E-state index in [-0.39, 0.29) is 0 Å². The summed E-state index contributed by atoms with van der Waals surface area (Å²) in [5.41, 5.74) is 2.46. The second-order valence-corrected chi connectivity index (χ2v) is 6.25. The molecule has 0 bridgehead atoms. The Labute approximate surface area is 125 Å². The second-order valence-electron chi connectivity index (χ2n) is 6.25. The molecule has 3 heterocycles. The number of aromatic nitrogens is 4. The monoisotopic (exact) mass is 283 g/mol. The fourth-order valence-electron chi connectivity index (χ4n) is 3.19. The number of piperidine rings is 1. The fourth-order valence-corrected chi connectivity index (χ4v) is 3.19. The van der Waals surface area contributed by atoms with Crippen LogP contribution in [0, 0.1) is 0 Å². The first-order valence-electron chi connectivity index (χ1n) is 7.86. The molecule has 0 N–H and O–H groups in total. The van der Waals surface area contributed by atoms with E-state index in [0.29, 0.717) is 11.8 Å². The molecule has 0 spiro atoms. The zero-order chi connectivity index (χ0) is 14.2. The van der Waals surface area contributed by atoms with E-state index in [2.05, 4.69) is 32.1 Å². The van der Waals surface area contributed by atoms with Gasteiger partial charge in [0.25, 0.3) is 0 Å². The smallest absolute Gasteiger partial charge is 0.132 e. The molecule has 2 aromatic rings. The summed E-state index contributed by atoms with van der Waals surface area (Å²) < 4.78 is 1.90. The molecule has 0 amide bonds. The molecule has 0 atom stereocenters. The quantitative estimate of drug-likeness (QED) is 0.868. The van der Waals surface area contributed by atoms with Gasteiger partial charge in [0.15, 0.2) is 0 Å². The lowest BCUT2D eigenvalue weighted by Crippen LogP contribution is -2.33. The van der Waals surface area contributed by atoms with Crippen LogP contribution in [-0.4, -0.2) is 32.8 Å². The lowest BCUT2D eigenvalue weighted by molar-refractivity contribution is 0.488. The van der Waals surface area contributed by atoms with E-state index in [1.807, 2.05) is 17.9 Å². The minimum atomic E-state index is 0.590. The van der Waals surface area contributed by atoms with Gasteiger partial charge in [0.05, 0.1) is 5.69 Å². The summed E-state index contributed by atoms with van der Waals surface area (Å²) in [5, 5.41) is 4.55. The van der Waals surface area contributed by atoms with Gasteiger partial charge in [0, 0.05) is 49.9 Å². The highest BCUT2D eigenvalue weighted by Crippen LogP contribution is 2.39. The van der Waals surface area contributed by atoms with Crippen molar-refractivity contribution < 1.29 is 0 Å². The van der Waals surface area contributed by atoms with Crippen LogP contribution in [0.2, 0.25) is 0 Å². The van der Waals surface area contributed by atoms with Crippen molar-refractivity contribution in [2.24, 2.45) is 7.05 Å². The molecule has 5 nitrogen and oxygen atoms in total. The van der Waals surface area contributed by atoms with Gasteiger partial charge in [-0.1, -0.05) is 0 Å². The van der Waals surface area contributed by atoms with Gasteiger partial charge < -0.3 is 4.90 Å². The average molecular weight is 283 g/mol. The van der Waals surface area contributed by atoms with Crippen LogP contribution in [0.4, 0.5) is 5.82 Å². The number of hydrogen-bond acceptors (Lipinski definition) is 4. The van der Waals surface area contributed by atoms with Crippen LogP contribution in [0.5, 0.6) is 0 Å². The Balaban J connectivity index is 1.43. The predicted molar refractivity (Wildman–Crippen MR) is 81.4 cm³/mol. The summed E-state index contributed by atoms with van der Waals surface area (Å²) in [5.74, 6) is 2.39. The van der Waals surface area contributed by atoms with Crippen molar-refractivity contribution in [1.29, 1.82) is 0 Å². The minimum Gasteiger partial charge on any atom is -0.356 e. The summed E-state index contributed by atoms with van der Waals surface area (Å²) in [7, 11) is 1.99. The first-order valence-corrected chi connectivity index (χ1v) is 7.86. The molecule has 2 aromatic heterocycles. The molecule has 1 aliphatic heterocycles. The highest BCUT2D eigenvalue weighted by atomic mass is 15.3. The van der Waals surface area contributed by atoms with E-state index in [1.165, 1.54) is 24.2 Å². The van der Waals surface area contributed by atoms with Crippen molar-refractivity contribution in [2.75, 3.05) is 18.0 Å². The third-order valence-electron chi connectivity index (χ3n) is 4.64. The van der Waals surface area contributed by atoms with Crippen molar-refractivity contribution >= 4 is 5.82 Å². The third kappa shape index (κ3) is 2.64. The molecule has 2 aliphatic rings. The minimum absolute atomic E-state index is 0.590. The van der Waals surface area contributed by atoms with Gasteiger partial charge in [0.2, 0.25) is 0 Å². The van der Waals surface area contributed by atoms with Crippen LogP contribution in [0.3, 0.4) is 0 Å². The normalized spacial score (nSPS) is 20.0. The standard InChI is InChI=1S/C16H21N5/c1-20-7-6-14(19-20)13-4-8-21(9-5-13)16-10-15(12-2-3-12)17-11-18-16/h6-7,10-13H,2-5,8-9H2,1H3. The molecular weight excluding hydrogens is 262 g/mol. The highest BCUT2D eigenvalue weighted by molar-refractivity contribution is 5.41. The first kappa shape index (κ1) is 12.8. The van der Waals surface area contributed by atoms with Crippen LogP contribution in [0.25, 0.3) is 0 Å². The fraction of sp³-hybridized carbons (Fsp3) is 0.562. The van der Waals surface area contributed by atoms with Gasteiger partial charge in [-0.05, 0) is 31.7 Å². The number of aryl methyl sites for hydroxylation is 1. The number of nitrogens with zero attached hydrogens (tertiary/aromatic N) is 5. The molecule has 1 saturated carbocycles. The molecule has 0 aromatic carbocycles. The summed E-state index contributed by atoms with van der Waals surface area (Å²) in [6.45, 7) is 2.12. The summed E-state index contributed by atoms with van der Waals surface area (Å²) >= 11 is 0. The van der Waals surface area contributed by atoms with Crippen molar-refractivity contribution in [1.82, 2.24) is 19.7 Å². The predicted octanol–water partition coefficient (Wildman–Crippen LogP) is 2.47. The largest absolute Gasteiger partial charge is 0.356 e. The Kier molecular flexibility index (Phi) is 3.13. The van der Waals surface area contributed by atoms with Gasteiger partial charge in [-0.3, -0.25) is 4.68 Å². The Morgan fingerprint density at radius 3 is 2.43 bits per heavy atom. The molecule has 1 saturated heterocycles. The third-order valence-corrected chi connectivity index (χ3v) is 4.64. The van der Waals surface area contributed by atoms with E-state index in [1.54, 1.807) is 6.33 Å². The molecule has 21 heavy (non-hydrogen) atoms. The lowest BCUT2D eigenvalue weighted by Gasteiger charge is -2.32. The maximum atomic E-state index is 4.55. The first-order chi connectivity index (χ1) is 10.3. The van der Waals surface area contributed by atoms with Gasteiger partial charge in [-0.2, -0.15) is 5.10 Å². The van der Waals surface area contributed by atoms with E-state index in [0.717, 1.165) is 31.7 Å². The van der Waals surface area contributed by atoms with Crippen molar-refractivity contribution in [3.8, 4) is 0 Å². The maximum absolute atomic E-state index is 4.55. The average Bonchev–Trinajstić information content (AvgIpc) is 3.29. The molecule has 0 unspecified atom stereocenters. The van der Waals surface area contributed by atoms with E-state index in [9.17, 15) is 0 Å². The van der Waals surface area contributed by atoms with E-state index in [4.69, 9.17) is 0 Å². The van der Waals surface area contributed by atoms with Gasteiger partial charge in [-0.15, -0.1) is 0 Å². The zero-order valence-corrected chi connectivity index (χ0v) is 12.4. The Bertz CT molecular complexity index is 623. The van der Waals surface area contributed by atoms with E-state index >= 15 is 0 Å². The highest BCUT2D eigenvalue weighted by Gasteiger charge is 2.27. The summed E-state index contributed by atoms with van der Waals surface area (Å²) in [4.78, 5) is 11.3. The lowest BCUT2D eigenvalue weighted by atomic mass is 9.94. The molecule has 0 radical (unpaired) electrons. The number of hydrogen-bond donors (Lipinski definition) is 0. The zero-order valence-electron chi connectivity index (χ0n) is 12.4. The molecular formula is C16H21N5. The second kappa shape index (κ2) is 5.13. The topological polar surface area (TPSA) is 46.8 Å². The molecule has 2 fully saturated rings. The molecule has 5 heteroatoms. The van der Waals surface area contributed by atoms with Crippen LogP contribution in [0.15, 0.2) is 24.7 Å². The van der Waals surface area contributed by atoms with Crippen LogP contribution in [-0.2, 0) is 7.05 Å². The van der Waals surface area contributed by atoms with Crippen LogP contribution in [0.1, 0.15) is 48.9 Å². The molecule has 110 valence electrons. The summed E-state index contributed by atoms with van der Waals surface area (Å²) in [6.07, 6.45) is 8.65. The maximum Gasteiger partial charge on any atom is 0.132 e. The Morgan fingerprint density at radius 1 is 1.00 bits per heavy atom.